The largest absolute Gasteiger partial charge is 0.325 e. The van der Waals surface area contributed by atoms with Gasteiger partial charge in [-0.3, -0.25) is 10.1 Å². The average molecular weight is 214 g/mol. The monoisotopic (exact) mass is 214 g/mol. The van der Waals surface area contributed by atoms with Gasteiger partial charge in [0.1, 0.15) is 0 Å². The van der Waals surface area contributed by atoms with Gasteiger partial charge in [-0.1, -0.05) is 0 Å². The van der Waals surface area contributed by atoms with Crippen LogP contribution in [0.2, 0.25) is 0 Å². The first-order valence-corrected chi connectivity index (χ1v) is 6.26. The zero-order chi connectivity index (χ0) is 10.2. The summed E-state index contributed by atoms with van der Waals surface area (Å²) in [4.78, 5) is 13.6. The summed E-state index contributed by atoms with van der Waals surface area (Å²) < 4.78 is 0.302. The van der Waals surface area contributed by atoms with E-state index in [1.165, 1.54) is 18.6 Å². The SMILES string of the molecule is CC1NCC(=O)N1CC1(C)CCCS1. The van der Waals surface area contributed by atoms with Crippen molar-refractivity contribution in [2.45, 2.75) is 37.6 Å². The molecule has 1 N–H and O–H groups in total. The fourth-order valence-electron chi connectivity index (χ4n) is 2.21. The van der Waals surface area contributed by atoms with Gasteiger partial charge in [0.05, 0.1) is 12.7 Å². The molecule has 2 unspecified atom stereocenters. The van der Waals surface area contributed by atoms with Crippen LogP contribution in [0.3, 0.4) is 0 Å². The van der Waals surface area contributed by atoms with Crippen molar-refractivity contribution in [3.05, 3.63) is 0 Å². The molecule has 0 radical (unpaired) electrons. The van der Waals surface area contributed by atoms with Crippen LogP contribution in [0.15, 0.2) is 0 Å². The third kappa shape index (κ3) is 1.91. The van der Waals surface area contributed by atoms with Gasteiger partial charge in [0.25, 0.3) is 0 Å². The molecule has 0 aromatic carbocycles. The molecule has 1 amide bonds. The maximum absolute atomic E-state index is 11.6. The van der Waals surface area contributed by atoms with E-state index in [-0.39, 0.29) is 12.1 Å². The minimum atomic E-state index is 0.223. The van der Waals surface area contributed by atoms with E-state index < -0.39 is 0 Å². The molecule has 4 heteroatoms. The first-order valence-electron chi connectivity index (χ1n) is 5.28. The van der Waals surface area contributed by atoms with Crippen LogP contribution >= 0.6 is 11.8 Å². The van der Waals surface area contributed by atoms with E-state index in [1.807, 2.05) is 16.7 Å². The number of amides is 1. The minimum absolute atomic E-state index is 0.223. The highest BCUT2D eigenvalue weighted by Crippen LogP contribution is 2.38. The molecule has 0 bridgehead atoms. The standard InChI is InChI=1S/C10H18N2OS/c1-8-11-6-9(13)12(8)7-10(2)4-3-5-14-10/h8,11H,3-7H2,1-2H3. The lowest BCUT2D eigenvalue weighted by molar-refractivity contribution is -0.128. The third-order valence-corrected chi connectivity index (χ3v) is 4.66. The predicted octanol–water partition coefficient (Wildman–Crippen LogP) is 1.05. The Kier molecular flexibility index (Phi) is 2.75. The van der Waals surface area contributed by atoms with E-state index >= 15 is 0 Å². The van der Waals surface area contributed by atoms with E-state index in [0.29, 0.717) is 11.3 Å². The molecule has 0 spiro atoms. The summed E-state index contributed by atoms with van der Waals surface area (Å²) in [6, 6.07) is 0. The van der Waals surface area contributed by atoms with E-state index in [1.54, 1.807) is 0 Å². The second-order valence-corrected chi connectivity index (χ2v) is 6.16. The number of hydrogen-bond acceptors (Lipinski definition) is 3. The van der Waals surface area contributed by atoms with Gasteiger partial charge in [0.2, 0.25) is 5.91 Å². The highest BCUT2D eigenvalue weighted by molar-refractivity contribution is 8.00. The van der Waals surface area contributed by atoms with Gasteiger partial charge in [0, 0.05) is 11.3 Å². The van der Waals surface area contributed by atoms with Gasteiger partial charge in [-0.05, 0) is 32.4 Å². The molecule has 2 saturated heterocycles. The molecular formula is C10H18N2OS. The zero-order valence-corrected chi connectivity index (χ0v) is 9.69. The summed E-state index contributed by atoms with van der Waals surface area (Å²) in [5.74, 6) is 1.51. The van der Waals surface area contributed by atoms with Crippen LogP contribution < -0.4 is 5.32 Å². The summed E-state index contributed by atoms with van der Waals surface area (Å²) in [5, 5.41) is 3.18. The summed E-state index contributed by atoms with van der Waals surface area (Å²) >= 11 is 2.01. The van der Waals surface area contributed by atoms with Crippen LogP contribution in [0.4, 0.5) is 0 Å². The van der Waals surface area contributed by atoms with Crippen LogP contribution in [-0.2, 0) is 4.79 Å². The number of carbonyl (C=O) groups excluding carboxylic acids is 1. The first-order chi connectivity index (χ1) is 6.61. The van der Waals surface area contributed by atoms with E-state index in [2.05, 4.69) is 19.2 Å². The normalized spacial score (nSPS) is 38.3. The van der Waals surface area contributed by atoms with Gasteiger partial charge >= 0.3 is 0 Å². The van der Waals surface area contributed by atoms with Gasteiger partial charge in [-0.2, -0.15) is 11.8 Å². The van der Waals surface area contributed by atoms with E-state index in [4.69, 9.17) is 0 Å². The van der Waals surface area contributed by atoms with Crippen molar-refractivity contribution < 1.29 is 4.79 Å². The Hall–Kier alpha value is -0.220. The lowest BCUT2D eigenvalue weighted by Crippen LogP contribution is -2.43. The molecule has 0 saturated carbocycles. The molecule has 3 nitrogen and oxygen atoms in total. The quantitative estimate of drug-likeness (QED) is 0.746. The maximum Gasteiger partial charge on any atom is 0.237 e. The molecule has 80 valence electrons. The first kappa shape index (κ1) is 10.3. The highest BCUT2D eigenvalue weighted by Gasteiger charge is 2.36. The van der Waals surface area contributed by atoms with Crippen molar-refractivity contribution in [1.82, 2.24) is 10.2 Å². The van der Waals surface area contributed by atoms with Crippen molar-refractivity contribution in [2.24, 2.45) is 0 Å². The summed E-state index contributed by atoms with van der Waals surface area (Å²) in [6.45, 7) is 5.77. The van der Waals surface area contributed by atoms with Crippen LogP contribution in [0.1, 0.15) is 26.7 Å². The van der Waals surface area contributed by atoms with Crippen molar-refractivity contribution in [2.75, 3.05) is 18.8 Å². The second-order valence-electron chi connectivity index (χ2n) is 4.48. The molecule has 14 heavy (non-hydrogen) atoms. The highest BCUT2D eigenvalue weighted by atomic mass is 32.2. The average Bonchev–Trinajstić information content (AvgIpc) is 2.68. The molecule has 2 fully saturated rings. The van der Waals surface area contributed by atoms with E-state index in [9.17, 15) is 4.79 Å². The summed E-state index contributed by atoms with van der Waals surface area (Å²) in [5.41, 5.74) is 0. The topological polar surface area (TPSA) is 32.3 Å². The molecule has 2 aliphatic rings. The van der Waals surface area contributed by atoms with E-state index in [0.717, 1.165) is 6.54 Å². The van der Waals surface area contributed by atoms with Crippen LogP contribution in [-0.4, -0.2) is 40.6 Å². The number of rotatable bonds is 2. The maximum atomic E-state index is 11.6. The van der Waals surface area contributed by atoms with Crippen molar-refractivity contribution in [1.29, 1.82) is 0 Å². The fourth-order valence-corrected chi connectivity index (χ4v) is 3.51. The fraction of sp³-hybridized carbons (Fsp3) is 0.900. The van der Waals surface area contributed by atoms with Gasteiger partial charge < -0.3 is 4.90 Å². The minimum Gasteiger partial charge on any atom is -0.325 e. The Morgan fingerprint density at radius 2 is 2.50 bits per heavy atom. The lowest BCUT2D eigenvalue weighted by Gasteiger charge is -2.31. The Morgan fingerprint density at radius 1 is 1.71 bits per heavy atom. The smallest absolute Gasteiger partial charge is 0.237 e. The van der Waals surface area contributed by atoms with Crippen LogP contribution in [0, 0.1) is 0 Å². The van der Waals surface area contributed by atoms with Crippen molar-refractivity contribution in [3.8, 4) is 0 Å². The molecule has 2 rings (SSSR count). The molecule has 2 atom stereocenters. The Morgan fingerprint density at radius 3 is 3.00 bits per heavy atom. The molecular weight excluding hydrogens is 196 g/mol. The molecule has 0 aliphatic carbocycles. The lowest BCUT2D eigenvalue weighted by atomic mass is 10.1. The van der Waals surface area contributed by atoms with Gasteiger partial charge in [-0.25, -0.2) is 0 Å². The number of thioether (sulfide) groups is 1. The Labute approximate surface area is 89.6 Å². The van der Waals surface area contributed by atoms with Gasteiger partial charge in [-0.15, -0.1) is 0 Å². The zero-order valence-electron chi connectivity index (χ0n) is 8.88. The number of nitrogens with zero attached hydrogens (tertiary/aromatic N) is 1. The number of nitrogens with one attached hydrogen (secondary N) is 1. The third-order valence-electron chi connectivity index (χ3n) is 3.14. The van der Waals surface area contributed by atoms with Crippen molar-refractivity contribution >= 4 is 17.7 Å². The summed E-state index contributed by atoms with van der Waals surface area (Å²) in [7, 11) is 0. The Bertz CT molecular complexity index is 238. The number of carbonyl (C=O) groups is 1. The second kappa shape index (κ2) is 3.74. The molecule has 2 heterocycles. The van der Waals surface area contributed by atoms with Crippen LogP contribution in [0.5, 0.6) is 0 Å². The molecule has 0 aromatic rings. The van der Waals surface area contributed by atoms with Crippen molar-refractivity contribution in [3.63, 3.8) is 0 Å². The van der Waals surface area contributed by atoms with Crippen LogP contribution in [0.25, 0.3) is 0 Å². The predicted molar refractivity (Wildman–Crippen MR) is 59.3 cm³/mol. The summed E-state index contributed by atoms with van der Waals surface area (Å²) in [6.07, 6.45) is 2.76. The Balaban J connectivity index is 1.98. The number of hydrogen-bond donors (Lipinski definition) is 1. The van der Waals surface area contributed by atoms with Gasteiger partial charge in [0.15, 0.2) is 0 Å². The molecule has 0 aromatic heterocycles. The molecule has 2 aliphatic heterocycles.